The highest BCUT2D eigenvalue weighted by atomic mass is 32.2. The molecule has 3 rings (SSSR count). The monoisotopic (exact) mass is 342 g/mol. The predicted octanol–water partition coefficient (Wildman–Crippen LogP) is 4.34. The zero-order chi connectivity index (χ0) is 16.8. The highest BCUT2D eigenvalue weighted by Gasteiger charge is 2.11. The zero-order valence-corrected chi connectivity index (χ0v) is 14.3. The molecule has 1 heterocycles. The average molecular weight is 342 g/mol. The van der Waals surface area contributed by atoms with Crippen molar-refractivity contribution in [3.63, 3.8) is 0 Å². The van der Waals surface area contributed by atoms with E-state index in [9.17, 15) is 4.39 Å². The van der Waals surface area contributed by atoms with Gasteiger partial charge in [0.1, 0.15) is 5.82 Å². The van der Waals surface area contributed by atoms with Crippen LogP contribution in [0.5, 0.6) is 0 Å². The Morgan fingerprint density at radius 1 is 1.04 bits per heavy atom. The number of nitrogens with one attached hydrogen (secondary N) is 1. The Balaban J connectivity index is 1.64. The van der Waals surface area contributed by atoms with E-state index >= 15 is 0 Å². The van der Waals surface area contributed by atoms with Gasteiger partial charge in [-0.25, -0.2) is 4.39 Å². The van der Waals surface area contributed by atoms with E-state index < -0.39 is 0 Å². The summed E-state index contributed by atoms with van der Waals surface area (Å²) in [6.45, 7) is 3.44. The fraction of sp³-hybridized carbons (Fsp3) is 0.222. The van der Waals surface area contributed by atoms with Crippen LogP contribution in [0.1, 0.15) is 18.3 Å². The van der Waals surface area contributed by atoms with Crippen LogP contribution in [0.15, 0.2) is 59.8 Å². The lowest BCUT2D eigenvalue weighted by Crippen LogP contribution is -2.08. The molecule has 0 saturated carbocycles. The van der Waals surface area contributed by atoms with Crippen LogP contribution in [0.2, 0.25) is 0 Å². The normalized spacial score (nSPS) is 10.8. The molecule has 0 atom stereocenters. The van der Waals surface area contributed by atoms with E-state index in [2.05, 4.69) is 39.1 Å². The fourth-order valence-corrected chi connectivity index (χ4v) is 3.32. The van der Waals surface area contributed by atoms with Gasteiger partial charge in [0.25, 0.3) is 0 Å². The molecule has 4 nitrogen and oxygen atoms in total. The van der Waals surface area contributed by atoms with Gasteiger partial charge in [0, 0.05) is 18.0 Å². The van der Waals surface area contributed by atoms with Crippen molar-refractivity contribution < 1.29 is 4.39 Å². The van der Waals surface area contributed by atoms with E-state index in [0.29, 0.717) is 6.54 Å². The summed E-state index contributed by atoms with van der Waals surface area (Å²) in [5.41, 5.74) is 2.12. The molecular weight excluding hydrogens is 323 g/mol. The van der Waals surface area contributed by atoms with Gasteiger partial charge >= 0.3 is 0 Å². The van der Waals surface area contributed by atoms with Gasteiger partial charge < -0.3 is 9.88 Å². The zero-order valence-electron chi connectivity index (χ0n) is 13.4. The largest absolute Gasteiger partial charge is 0.378 e. The van der Waals surface area contributed by atoms with Gasteiger partial charge in [0.15, 0.2) is 11.0 Å². The molecule has 0 aliphatic heterocycles. The molecule has 24 heavy (non-hydrogen) atoms. The number of thioether (sulfide) groups is 1. The van der Waals surface area contributed by atoms with Gasteiger partial charge in [0.2, 0.25) is 0 Å². The number of hydrogen-bond donors (Lipinski definition) is 1. The maximum Gasteiger partial charge on any atom is 0.191 e. The number of rotatable bonds is 7. The quantitative estimate of drug-likeness (QED) is 0.649. The third kappa shape index (κ3) is 4.14. The first-order valence-electron chi connectivity index (χ1n) is 7.84. The molecule has 124 valence electrons. The summed E-state index contributed by atoms with van der Waals surface area (Å²) < 4.78 is 15.0. The van der Waals surface area contributed by atoms with Gasteiger partial charge in [-0.2, -0.15) is 0 Å². The van der Waals surface area contributed by atoms with Crippen LogP contribution in [0, 0.1) is 5.82 Å². The van der Waals surface area contributed by atoms with E-state index in [1.54, 1.807) is 23.9 Å². The van der Waals surface area contributed by atoms with Crippen LogP contribution in [-0.2, 0) is 18.8 Å². The third-order valence-corrected chi connectivity index (χ3v) is 4.65. The molecule has 0 bridgehead atoms. The van der Waals surface area contributed by atoms with Gasteiger partial charge in [-0.3, -0.25) is 0 Å². The van der Waals surface area contributed by atoms with Crippen LogP contribution in [0.3, 0.4) is 0 Å². The first kappa shape index (κ1) is 16.5. The lowest BCUT2D eigenvalue weighted by Gasteiger charge is -2.09. The van der Waals surface area contributed by atoms with E-state index in [1.807, 2.05) is 18.2 Å². The Hall–Kier alpha value is -2.34. The molecule has 1 N–H and O–H groups in total. The standard InChI is InChI=1S/C18H19FN4S/c1-2-23-17(12-20-16-10-8-15(19)9-11-16)21-22-18(23)24-13-14-6-4-3-5-7-14/h3-11,20H,2,12-13H2,1H3. The van der Waals surface area contributed by atoms with E-state index in [0.717, 1.165) is 29.0 Å². The number of aromatic nitrogens is 3. The van der Waals surface area contributed by atoms with E-state index in [4.69, 9.17) is 0 Å². The molecule has 0 amide bonds. The minimum absolute atomic E-state index is 0.239. The summed E-state index contributed by atoms with van der Waals surface area (Å²) in [5, 5.41) is 12.8. The summed E-state index contributed by atoms with van der Waals surface area (Å²) in [5.74, 6) is 1.50. The van der Waals surface area contributed by atoms with Gasteiger partial charge in [-0.15, -0.1) is 10.2 Å². The fourth-order valence-electron chi connectivity index (χ4n) is 2.35. The van der Waals surface area contributed by atoms with Crippen molar-refractivity contribution in [1.82, 2.24) is 14.8 Å². The Morgan fingerprint density at radius 2 is 1.79 bits per heavy atom. The highest BCUT2D eigenvalue weighted by Crippen LogP contribution is 2.22. The molecule has 0 spiro atoms. The second-order valence-electron chi connectivity index (χ2n) is 5.28. The summed E-state index contributed by atoms with van der Waals surface area (Å²) >= 11 is 1.68. The van der Waals surface area contributed by atoms with Crippen molar-refractivity contribution in [1.29, 1.82) is 0 Å². The Labute approximate surface area is 145 Å². The van der Waals surface area contributed by atoms with Crippen LogP contribution in [-0.4, -0.2) is 14.8 Å². The molecule has 0 aliphatic carbocycles. The van der Waals surface area contributed by atoms with Crippen molar-refractivity contribution in [2.45, 2.75) is 30.9 Å². The van der Waals surface area contributed by atoms with Crippen LogP contribution in [0.25, 0.3) is 0 Å². The second-order valence-corrected chi connectivity index (χ2v) is 6.22. The third-order valence-electron chi connectivity index (χ3n) is 3.62. The number of hydrogen-bond acceptors (Lipinski definition) is 4. The predicted molar refractivity (Wildman–Crippen MR) is 95.4 cm³/mol. The van der Waals surface area contributed by atoms with Crippen LogP contribution in [0.4, 0.5) is 10.1 Å². The van der Waals surface area contributed by atoms with Crippen molar-refractivity contribution in [2.75, 3.05) is 5.32 Å². The molecule has 0 saturated heterocycles. The van der Waals surface area contributed by atoms with E-state index in [1.165, 1.54) is 17.7 Å². The lowest BCUT2D eigenvalue weighted by atomic mass is 10.2. The second kappa shape index (κ2) is 7.97. The maximum absolute atomic E-state index is 12.9. The SMILES string of the molecule is CCn1c(CNc2ccc(F)cc2)nnc1SCc1ccccc1. The van der Waals surface area contributed by atoms with Crippen molar-refractivity contribution in [2.24, 2.45) is 0 Å². The summed E-state index contributed by atoms with van der Waals surface area (Å²) in [7, 11) is 0. The molecule has 2 aromatic carbocycles. The molecular formula is C18H19FN4S. The first-order valence-corrected chi connectivity index (χ1v) is 8.83. The Morgan fingerprint density at radius 3 is 2.50 bits per heavy atom. The van der Waals surface area contributed by atoms with Crippen LogP contribution >= 0.6 is 11.8 Å². The average Bonchev–Trinajstić information content (AvgIpc) is 3.02. The van der Waals surface area contributed by atoms with Crippen molar-refractivity contribution in [3.8, 4) is 0 Å². The molecule has 3 aromatic rings. The van der Waals surface area contributed by atoms with Crippen molar-refractivity contribution in [3.05, 3.63) is 71.8 Å². The number of anilines is 1. The molecule has 1 aromatic heterocycles. The van der Waals surface area contributed by atoms with Crippen LogP contribution < -0.4 is 5.32 Å². The van der Waals surface area contributed by atoms with E-state index in [-0.39, 0.29) is 5.82 Å². The smallest absolute Gasteiger partial charge is 0.191 e. The Kier molecular flexibility index (Phi) is 5.48. The molecule has 0 fully saturated rings. The molecule has 0 aliphatic rings. The topological polar surface area (TPSA) is 42.7 Å². The summed E-state index contributed by atoms with van der Waals surface area (Å²) in [6, 6.07) is 16.6. The summed E-state index contributed by atoms with van der Waals surface area (Å²) in [4.78, 5) is 0. The first-order chi connectivity index (χ1) is 11.8. The van der Waals surface area contributed by atoms with Gasteiger partial charge in [-0.05, 0) is 36.8 Å². The van der Waals surface area contributed by atoms with Crippen molar-refractivity contribution >= 4 is 17.4 Å². The Bertz CT molecular complexity index is 771. The lowest BCUT2D eigenvalue weighted by molar-refractivity contribution is 0.628. The number of halogens is 1. The summed E-state index contributed by atoms with van der Waals surface area (Å²) in [6.07, 6.45) is 0. The maximum atomic E-state index is 12.9. The molecule has 6 heteroatoms. The minimum Gasteiger partial charge on any atom is -0.378 e. The van der Waals surface area contributed by atoms with Gasteiger partial charge in [-0.1, -0.05) is 42.1 Å². The number of nitrogens with zero attached hydrogens (tertiary/aromatic N) is 3. The van der Waals surface area contributed by atoms with Gasteiger partial charge in [0.05, 0.1) is 6.54 Å². The molecule has 0 radical (unpaired) electrons. The number of benzene rings is 2. The minimum atomic E-state index is -0.239. The highest BCUT2D eigenvalue weighted by molar-refractivity contribution is 7.98. The molecule has 0 unspecified atom stereocenters.